The van der Waals surface area contributed by atoms with Crippen molar-refractivity contribution in [2.24, 2.45) is 0 Å². The number of rotatable bonds is 18. The Kier molecular flexibility index (Phi) is 15.3. The molecule has 0 aliphatic heterocycles. The summed E-state index contributed by atoms with van der Waals surface area (Å²) >= 11 is 0. The summed E-state index contributed by atoms with van der Waals surface area (Å²) in [5.74, 6) is -1.56. The van der Waals surface area contributed by atoms with E-state index in [9.17, 15) is 14.7 Å². The maximum Gasteiger partial charge on any atom is 0.291 e. The van der Waals surface area contributed by atoms with Gasteiger partial charge in [0.2, 0.25) is 5.78 Å². The molecule has 0 aliphatic rings. The molecule has 0 spiro atoms. The van der Waals surface area contributed by atoms with Crippen LogP contribution >= 0.6 is 0 Å². The van der Waals surface area contributed by atoms with Crippen molar-refractivity contribution in [3.63, 3.8) is 0 Å². The summed E-state index contributed by atoms with van der Waals surface area (Å²) in [6.07, 6.45) is 19.0. The molecule has 0 heterocycles. The summed E-state index contributed by atoms with van der Waals surface area (Å²) in [5, 5.41) is 12.6. The number of aliphatic hydroxyl groups excluding tert-OH is 1. The van der Waals surface area contributed by atoms with Crippen LogP contribution in [0.3, 0.4) is 0 Å². The third kappa shape index (κ3) is 13.7. The minimum atomic E-state index is -0.719. The molecule has 0 saturated carbocycles. The molecule has 4 heteroatoms. The lowest BCUT2D eigenvalue weighted by atomic mass is 10.0. The van der Waals surface area contributed by atoms with Crippen LogP contribution in [0.4, 0.5) is 0 Å². The highest BCUT2D eigenvalue weighted by Gasteiger charge is 2.12. The van der Waals surface area contributed by atoms with Crippen LogP contribution in [-0.2, 0) is 9.59 Å². The van der Waals surface area contributed by atoms with Gasteiger partial charge in [0.25, 0.3) is 5.91 Å². The van der Waals surface area contributed by atoms with Crippen molar-refractivity contribution in [2.75, 3.05) is 6.54 Å². The molecular formula is C27H43NO3. The smallest absolute Gasteiger partial charge is 0.291 e. The fourth-order valence-corrected chi connectivity index (χ4v) is 3.61. The molecule has 31 heavy (non-hydrogen) atoms. The molecule has 0 atom stereocenters. The molecule has 1 amide bonds. The molecule has 4 nitrogen and oxygen atoms in total. The first-order valence-electron chi connectivity index (χ1n) is 12.3. The number of amides is 1. The van der Waals surface area contributed by atoms with Crippen molar-refractivity contribution in [2.45, 2.75) is 104 Å². The number of hydrogen-bond donors (Lipinski definition) is 2. The van der Waals surface area contributed by atoms with E-state index in [1.54, 1.807) is 12.1 Å². The van der Waals surface area contributed by atoms with Crippen LogP contribution in [0.15, 0.2) is 30.3 Å². The van der Waals surface area contributed by atoms with Crippen molar-refractivity contribution in [1.29, 1.82) is 0 Å². The molecule has 2 N–H and O–H groups in total. The van der Waals surface area contributed by atoms with Crippen molar-refractivity contribution >= 4 is 17.4 Å². The van der Waals surface area contributed by atoms with Gasteiger partial charge in [-0.1, -0.05) is 120 Å². The number of ketones is 1. The molecule has 174 valence electrons. The SMILES string of the molecule is CCCCCCCCCCCCCCCCNC(=O)C(=O)/C=C(/O)c1ccc(C)cc1. The molecule has 0 saturated heterocycles. The largest absolute Gasteiger partial charge is 0.507 e. The minimum Gasteiger partial charge on any atom is -0.507 e. The van der Waals surface area contributed by atoms with E-state index < -0.39 is 11.7 Å². The maximum atomic E-state index is 11.9. The number of aliphatic hydroxyl groups is 1. The number of nitrogens with one attached hydrogen (secondary N) is 1. The Balaban J connectivity index is 1.99. The molecule has 0 aliphatic carbocycles. The van der Waals surface area contributed by atoms with Gasteiger partial charge in [-0.3, -0.25) is 9.59 Å². The van der Waals surface area contributed by atoms with Gasteiger partial charge in [-0.25, -0.2) is 0 Å². The highest BCUT2D eigenvalue weighted by Crippen LogP contribution is 2.13. The van der Waals surface area contributed by atoms with Crippen LogP contribution in [0.5, 0.6) is 0 Å². The lowest BCUT2D eigenvalue weighted by molar-refractivity contribution is -0.135. The van der Waals surface area contributed by atoms with E-state index in [1.807, 2.05) is 19.1 Å². The van der Waals surface area contributed by atoms with Crippen molar-refractivity contribution < 1.29 is 14.7 Å². The Morgan fingerprint density at radius 1 is 0.774 bits per heavy atom. The van der Waals surface area contributed by atoms with E-state index in [0.29, 0.717) is 12.1 Å². The van der Waals surface area contributed by atoms with E-state index in [-0.39, 0.29) is 5.76 Å². The van der Waals surface area contributed by atoms with Gasteiger partial charge in [0.15, 0.2) is 0 Å². The fraction of sp³-hybridized carbons (Fsp3) is 0.630. The lowest BCUT2D eigenvalue weighted by Crippen LogP contribution is -2.30. The van der Waals surface area contributed by atoms with Crippen LogP contribution in [0.25, 0.3) is 5.76 Å². The molecule has 0 bridgehead atoms. The second-order valence-corrected chi connectivity index (χ2v) is 8.61. The normalized spacial score (nSPS) is 11.5. The highest BCUT2D eigenvalue weighted by atomic mass is 16.3. The number of carbonyl (C=O) groups is 2. The predicted octanol–water partition coefficient (Wildman–Crippen LogP) is 7.06. The van der Waals surface area contributed by atoms with Crippen LogP contribution < -0.4 is 5.32 Å². The Morgan fingerprint density at radius 3 is 1.71 bits per heavy atom. The molecule has 0 fully saturated rings. The van der Waals surface area contributed by atoms with Gasteiger partial charge in [0, 0.05) is 18.2 Å². The van der Waals surface area contributed by atoms with Gasteiger partial charge in [-0.15, -0.1) is 0 Å². The predicted molar refractivity (Wildman–Crippen MR) is 130 cm³/mol. The Bertz CT molecular complexity index is 649. The van der Waals surface area contributed by atoms with Crippen LogP contribution in [0, 0.1) is 6.92 Å². The quantitative estimate of drug-likeness (QED) is 0.114. The lowest BCUT2D eigenvalue weighted by Gasteiger charge is -2.05. The monoisotopic (exact) mass is 429 g/mol. The van der Waals surface area contributed by atoms with Crippen molar-refractivity contribution in [3.8, 4) is 0 Å². The third-order valence-corrected chi connectivity index (χ3v) is 5.65. The third-order valence-electron chi connectivity index (χ3n) is 5.65. The molecule has 0 unspecified atom stereocenters. The standard InChI is InChI=1S/C27H43NO3/c1-3-4-5-6-7-8-9-10-11-12-13-14-15-16-21-28-27(31)26(30)22-25(29)24-19-17-23(2)18-20-24/h17-20,22,29H,3-16,21H2,1-2H3,(H,28,31)/b25-22+. The zero-order valence-corrected chi connectivity index (χ0v) is 19.8. The summed E-state index contributed by atoms with van der Waals surface area (Å²) in [5.41, 5.74) is 1.59. The maximum absolute atomic E-state index is 11.9. The molecule has 1 aromatic carbocycles. The molecule has 0 aromatic heterocycles. The number of hydrogen-bond acceptors (Lipinski definition) is 3. The second-order valence-electron chi connectivity index (χ2n) is 8.61. The van der Waals surface area contributed by atoms with Gasteiger partial charge in [-0.05, 0) is 13.3 Å². The summed E-state index contributed by atoms with van der Waals surface area (Å²) in [6.45, 7) is 4.71. The Morgan fingerprint density at radius 2 is 1.23 bits per heavy atom. The first kappa shape index (κ1) is 26.9. The number of aryl methyl sites for hydroxylation is 1. The first-order valence-corrected chi connectivity index (χ1v) is 12.3. The van der Waals surface area contributed by atoms with Crippen molar-refractivity contribution in [3.05, 3.63) is 41.5 Å². The van der Waals surface area contributed by atoms with E-state index in [1.165, 1.54) is 77.0 Å². The highest BCUT2D eigenvalue weighted by molar-refractivity contribution is 6.41. The Hall–Kier alpha value is -2.10. The van der Waals surface area contributed by atoms with E-state index in [2.05, 4.69) is 12.2 Å². The van der Waals surface area contributed by atoms with E-state index in [4.69, 9.17) is 0 Å². The number of unbranched alkanes of at least 4 members (excludes halogenated alkanes) is 13. The first-order chi connectivity index (χ1) is 15.0. The van der Waals surface area contributed by atoms with Crippen LogP contribution in [0.2, 0.25) is 0 Å². The summed E-state index contributed by atoms with van der Waals surface area (Å²) in [6, 6.07) is 7.14. The topological polar surface area (TPSA) is 66.4 Å². The van der Waals surface area contributed by atoms with E-state index >= 15 is 0 Å². The van der Waals surface area contributed by atoms with Gasteiger partial charge in [0.1, 0.15) is 5.76 Å². The van der Waals surface area contributed by atoms with Gasteiger partial charge < -0.3 is 10.4 Å². The van der Waals surface area contributed by atoms with Crippen LogP contribution in [0.1, 0.15) is 108 Å². The summed E-state index contributed by atoms with van der Waals surface area (Å²) < 4.78 is 0. The van der Waals surface area contributed by atoms with Gasteiger partial charge in [-0.2, -0.15) is 0 Å². The summed E-state index contributed by atoms with van der Waals surface area (Å²) in [4.78, 5) is 23.8. The minimum absolute atomic E-state index is 0.184. The summed E-state index contributed by atoms with van der Waals surface area (Å²) in [7, 11) is 0. The second kappa shape index (κ2) is 17.6. The van der Waals surface area contributed by atoms with Gasteiger partial charge in [0.05, 0.1) is 0 Å². The average molecular weight is 430 g/mol. The van der Waals surface area contributed by atoms with Crippen LogP contribution in [-0.4, -0.2) is 23.3 Å². The average Bonchev–Trinajstić information content (AvgIpc) is 2.76. The zero-order valence-electron chi connectivity index (χ0n) is 19.8. The molecule has 1 aromatic rings. The number of benzene rings is 1. The number of carbonyl (C=O) groups excluding carboxylic acids is 2. The van der Waals surface area contributed by atoms with E-state index in [0.717, 1.165) is 24.5 Å². The molecule has 0 radical (unpaired) electrons. The van der Waals surface area contributed by atoms with Crippen molar-refractivity contribution in [1.82, 2.24) is 5.32 Å². The Labute approximate surface area is 189 Å². The molecular weight excluding hydrogens is 386 g/mol. The molecule has 1 rings (SSSR count). The fourth-order valence-electron chi connectivity index (χ4n) is 3.61. The zero-order chi connectivity index (χ0) is 22.7. The van der Waals surface area contributed by atoms with Gasteiger partial charge >= 0.3 is 0 Å².